The molecule has 0 spiro atoms. The summed E-state index contributed by atoms with van der Waals surface area (Å²) in [5.74, 6) is 0. The molecule has 0 fully saturated rings. The zero-order chi connectivity index (χ0) is 36.5. The van der Waals surface area contributed by atoms with Gasteiger partial charge in [-0.05, 0) is 57.2 Å². The van der Waals surface area contributed by atoms with Crippen molar-refractivity contribution in [3.8, 4) is 0 Å². The summed E-state index contributed by atoms with van der Waals surface area (Å²) in [6.45, 7) is 10.5. The van der Waals surface area contributed by atoms with Crippen LogP contribution in [0.25, 0.3) is 0 Å². The quantitative estimate of drug-likeness (QED) is 0.131. The molecule has 3 aromatic carbocycles. The number of nitrogens with one attached hydrogen (secondary N) is 3. The molecule has 3 atom stereocenters. The second kappa shape index (κ2) is 22.1. The first kappa shape index (κ1) is 46.2. The van der Waals surface area contributed by atoms with Gasteiger partial charge in [0.05, 0.1) is 41.0 Å². The summed E-state index contributed by atoms with van der Waals surface area (Å²) >= 11 is 0. The van der Waals surface area contributed by atoms with Crippen LogP contribution in [-0.2, 0) is 28.1 Å². The summed E-state index contributed by atoms with van der Waals surface area (Å²) in [7, 11) is -11.9. The molecule has 0 saturated carbocycles. The van der Waals surface area contributed by atoms with E-state index in [1.807, 2.05) is 57.2 Å². The largest absolute Gasteiger partial charge is 3.00 e. The monoisotopic (exact) mass is 747 g/mol. The van der Waals surface area contributed by atoms with Crippen molar-refractivity contribution in [3.63, 3.8) is 0 Å². The maximum Gasteiger partial charge on any atom is 3.00 e. The molecule has 0 saturated heterocycles. The first-order chi connectivity index (χ1) is 22.4. The third-order valence-corrected chi connectivity index (χ3v) is 11.6. The molecule has 0 aromatic heterocycles. The minimum Gasteiger partial charge on any atom is -0.793 e. The Hall–Kier alpha value is -2.83. The topological polar surface area (TPSA) is 208 Å². The molecule has 0 bridgehead atoms. The van der Waals surface area contributed by atoms with Gasteiger partial charge in [-0.3, -0.25) is 14.4 Å². The van der Waals surface area contributed by atoms with E-state index < -0.39 is 38.7 Å². The summed E-state index contributed by atoms with van der Waals surface area (Å²) < 4.78 is 34.3. The molecule has 49 heavy (non-hydrogen) atoms. The second-order valence-corrected chi connectivity index (χ2v) is 17.4. The van der Waals surface area contributed by atoms with Crippen molar-refractivity contribution in [3.05, 3.63) is 89.5 Å². The number of anilines is 3. The Morgan fingerprint density at radius 2 is 0.653 bits per heavy atom. The minimum atomic E-state index is -3.96. The predicted octanol–water partition coefficient (Wildman–Crippen LogP) is 5.44. The summed E-state index contributed by atoms with van der Waals surface area (Å²) in [6, 6.07) is 21.9. The first-order valence-electron chi connectivity index (χ1n) is 15.3. The third-order valence-electron chi connectivity index (χ3n) is 6.68. The van der Waals surface area contributed by atoms with Crippen molar-refractivity contribution in [2.45, 2.75) is 60.8 Å². The predicted molar refractivity (Wildman–Crippen MR) is 193 cm³/mol. The summed E-state index contributed by atoms with van der Waals surface area (Å²) in [6.07, 6.45) is -0.878. The van der Waals surface area contributed by atoms with Crippen LogP contribution in [0.5, 0.6) is 0 Å². The molecule has 3 aromatic rings. The van der Waals surface area contributed by atoms with Crippen LogP contribution in [-0.4, -0.2) is 52.8 Å². The standard InChI is InChI=1S/3C11H16NO3P.Al/c3*1-3-11(13)16(14,15)8-12-10-6-4-9(2)5-7-10;/h3*4-7,12H,3,8H2,1-2H3,(H,14,15);/q;;;+3/p-3. The Bertz CT molecular complexity index is 1440. The molecular weight excluding hydrogens is 702 g/mol. The molecule has 0 aliphatic carbocycles. The molecule has 12 nitrogen and oxygen atoms in total. The molecule has 0 amide bonds. The molecule has 16 heteroatoms. The van der Waals surface area contributed by atoms with E-state index in [9.17, 15) is 42.8 Å². The van der Waals surface area contributed by atoms with E-state index in [1.54, 1.807) is 57.2 Å². The molecule has 264 valence electrons. The summed E-state index contributed by atoms with van der Waals surface area (Å²) in [5, 5.41) is 8.19. The van der Waals surface area contributed by atoms with E-state index in [0.29, 0.717) is 17.1 Å². The Kier molecular flexibility index (Phi) is 20.8. The molecule has 3 unspecified atom stereocenters. The minimum absolute atomic E-state index is 0. The zero-order valence-electron chi connectivity index (χ0n) is 28.8. The van der Waals surface area contributed by atoms with Crippen molar-refractivity contribution in [1.82, 2.24) is 0 Å². The molecule has 0 heterocycles. The van der Waals surface area contributed by atoms with Gasteiger partial charge in [-0.15, -0.1) is 0 Å². The van der Waals surface area contributed by atoms with Crippen LogP contribution in [0.15, 0.2) is 72.8 Å². The molecule has 3 N–H and O–H groups in total. The van der Waals surface area contributed by atoms with Gasteiger partial charge < -0.3 is 44.3 Å². The normalized spacial score (nSPS) is 13.9. The van der Waals surface area contributed by atoms with Crippen LogP contribution in [0.3, 0.4) is 0 Å². The SMILES string of the molecule is CCC(=O)P(=O)([O-])CNc1ccc(C)cc1.CCC(=O)P(=O)([O-])CNc1ccc(C)cc1.CCC(=O)P(=O)([O-])CNc1ccc(C)cc1.[Al+3]. The van der Waals surface area contributed by atoms with Crippen molar-refractivity contribution in [2.75, 3.05) is 34.8 Å². The number of rotatable bonds is 15. The number of carbonyl (C=O) groups excluding carboxylic acids is 3. The van der Waals surface area contributed by atoms with Crippen molar-refractivity contribution >= 4 is 73.1 Å². The Balaban J connectivity index is 0.000000698. The molecule has 0 aliphatic heterocycles. The third kappa shape index (κ3) is 17.6. The Morgan fingerprint density at radius 3 is 0.816 bits per heavy atom. The number of aryl methyl sites for hydroxylation is 3. The van der Waals surface area contributed by atoms with E-state index in [-0.39, 0.29) is 55.5 Å². The molecule has 0 radical (unpaired) electrons. The number of hydrogen-bond acceptors (Lipinski definition) is 12. The van der Waals surface area contributed by atoms with Gasteiger partial charge in [0.2, 0.25) is 0 Å². The van der Waals surface area contributed by atoms with Gasteiger partial charge >= 0.3 is 17.4 Å². The van der Waals surface area contributed by atoms with Crippen LogP contribution in [0.4, 0.5) is 17.1 Å². The first-order valence-corrected chi connectivity index (χ1v) is 20.7. The zero-order valence-corrected chi connectivity index (χ0v) is 32.6. The van der Waals surface area contributed by atoms with Crippen LogP contribution in [0.1, 0.15) is 56.7 Å². The molecule has 0 aliphatic rings. The average Bonchev–Trinajstić information content (AvgIpc) is 3.07. The number of benzene rings is 3. The van der Waals surface area contributed by atoms with Gasteiger partial charge in [-0.2, -0.15) is 0 Å². The fraction of sp³-hybridized carbons (Fsp3) is 0.364. The van der Waals surface area contributed by atoms with E-state index in [2.05, 4.69) is 16.0 Å². The van der Waals surface area contributed by atoms with Crippen molar-refractivity contribution in [2.24, 2.45) is 0 Å². The summed E-state index contributed by atoms with van der Waals surface area (Å²) in [4.78, 5) is 67.5. The van der Waals surface area contributed by atoms with Crippen LogP contribution < -0.4 is 30.6 Å². The van der Waals surface area contributed by atoms with E-state index in [4.69, 9.17) is 0 Å². The van der Waals surface area contributed by atoms with Gasteiger partial charge in [0.25, 0.3) is 0 Å². The van der Waals surface area contributed by atoms with Crippen molar-refractivity contribution < 1.29 is 42.8 Å². The van der Waals surface area contributed by atoms with Crippen LogP contribution in [0, 0.1) is 20.8 Å². The van der Waals surface area contributed by atoms with Crippen LogP contribution >= 0.6 is 22.1 Å². The van der Waals surface area contributed by atoms with Crippen molar-refractivity contribution in [1.29, 1.82) is 0 Å². The molecular formula is C33H45AlN3O9P3. The van der Waals surface area contributed by atoms with Gasteiger partial charge in [0, 0.05) is 36.3 Å². The number of carbonyl (C=O) groups is 3. The Labute approximate surface area is 300 Å². The van der Waals surface area contributed by atoms with E-state index in [0.717, 1.165) is 16.7 Å². The van der Waals surface area contributed by atoms with E-state index >= 15 is 0 Å². The fourth-order valence-electron chi connectivity index (χ4n) is 3.59. The Morgan fingerprint density at radius 1 is 0.469 bits per heavy atom. The van der Waals surface area contributed by atoms with Gasteiger partial charge in [0.15, 0.2) is 16.6 Å². The maximum absolute atomic E-state index is 11.4. The van der Waals surface area contributed by atoms with Gasteiger partial charge in [-0.1, -0.05) is 73.9 Å². The molecule has 3 rings (SSSR count). The summed E-state index contributed by atoms with van der Waals surface area (Å²) in [5.41, 5.74) is 3.29. The average molecular weight is 748 g/mol. The number of hydrogen-bond donors (Lipinski definition) is 3. The smallest absolute Gasteiger partial charge is 0.793 e. The van der Waals surface area contributed by atoms with E-state index in [1.165, 1.54) is 0 Å². The van der Waals surface area contributed by atoms with Crippen LogP contribution in [0.2, 0.25) is 0 Å². The maximum atomic E-state index is 11.4. The second-order valence-electron chi connectivity index (χ2n) is 10.9. The van der Waals surface area contributed by atoms with Gasteiger partial charge in [0.1, 0.15) is 0 Å². The van der Waals surface area contributed by atoms with Gasteiger partial charge in [-0.25, -0.2) is 0 Å². The fourth-order valence-corrected chi connectivity index (χ4v) is 6.73.